The second-order valence-electron chi connectivity index (χ2n) is 9.00. The van der Waals surface area contributed by atoms with Gasteiger partial charge in [0.1, 0.15) is 23.2 Å². The van der Waals surface area contributed by atoms with Crippen LogP contribution in [-0.2, 0) is 23.0 Å². The third-order valence-electron chi connectivity index (χ3n) is 6.68. The van der Waals surface area contributed by atoms with E-state index in [0.29, 0.717) is 27.6 Å². The molecule has 3 aromatic carbocycles. The van der Waals surface area contributed by atoms with Gasteiger partial charge < -0.3 is 14.6 Å². The molecule has 0 spiro atoms. The molecular formula is C30H23F2N3O4. The van der Waals surface area contributed by atoms with E-state index in [1.165, 1.54) is 0 Å². The van der Waals surface area contributed by atoms with Gasteiger partial charge in [-0.1, -0.05) is 42.5 Å². The lowest BCUT2D eigenvalue weighted by Gasteiger charge is -2.19. The molecule has 0 saturated carbocycles. The second kappa shape index (κ2) is 10.4. The minimum atomic E-state index is -1.26. The first-order valence-corrected chi connectivity index (χ1v) is 12.1. The van der Waals surface area contributed by atoms with Crippen molar-refractivity contribution in [2.45, 2.75) is 12.5 Å². The molecule has 0 bridgehead atoms. The van der Waals surface area contributed by atoms with Gasteiger partial charge in [0.2, 0.25) is 0 Å². The Bertz CT molecular complexity index is 1800. The van der Waals surface area contributed by atoms with Crippen LogP contribution in [0.3, 0.4) is 0 Å². The van der Waals surface area contributed by atoms with Crippen LogP contribution < -0.4 is 10.9 Å². The lowest BCUT2D eigenvalue weighted by molar-refractivity contribution is -0.142. The number of nitrogens with one attached hydrogen (secondary N) is 1. The Morgan fingerprint density at radius 3 is 2.46 bits per heavy atom. The summed E-state index contributed by atoms with van der Waals surface area (Å²) in [6.45, 7) is 0. The smallest absolute Gasteiger partial charge is 0.328 e. The average molecular weight is 528 g/mol. The average Bonchev–Trinajstić information content (AvgIpc) is 2.94. The molecule has 196 valence electrons. The van der Waals surface area contributed by atoms with E-state index in [1.54, 1.807) is 36.0 Å². The number of methoxy groups -OCH3 is 1. The lowest BCUT2D eigenvalue weighted by Crippen LogP contribution is -2.43. The number of rotatable bonds is 6. The summed E-state index contributed by atoms with van der Waals surface area (Å²) in [5.74, 6) is -3.99. The lowest BCUT2D eigenvalue weighted by atomic mass is 9.95. The number of carbonyl (C=O) groups excluding carboxylic acids is 2. The standard InChI is InChI=1S/C30H23F2N3O4/c1-35-25-11-4-3-7-17(25)15-21(29(35)37)19-13-12-18(27-20(19)8-6-14-33-27)16-24(30(38)39-2)34-28(36)26-22(31)9-5-10-23(26)32/h3-15,24H,16H2,1-2H3,(H,34,36)/t24-/m0/s1. The highest BCUT2D eigenvalue weighted by Gasteiger charge is 2.27. The van der Waals surface area contributed by atoms with Crippen molar-refractivity contribution in [1.82, 2.24) is 14.9 Å². The summed E-state index contributed by atoms with van der Waals surface area (Å²) in [6, 6.07) is 18.2. The van der Waals surface area contributed by atoms with E-state index < -0.39 is 35.1 Å². The van der Waals surface area contributed by atoms with Crippen LogP contribution in [-0.4, -0.2) is 34.6 Å². The summed E-state index contributed by atoms with van der Waals surface area (Å²) < 4.78 is 34.8. The van der Waals surface area contributed by atoms with Gasteiger partial charge in [0.15, 0.2) is 0 Å². The zero-order valence-electron chi connectivity index (χ0n) is 21.1. The van der Waals surface area contributed by atoms with Crippen LogP contribution in [0.4, 0.5) is 8.78 Å². The third-order valence-corrected chi connectivity index (χ3v) is 6.68. The molecule has 39 heavy (non-hydrogen) atoms. The molecular weight excluding hydrogens is 504 g/mol. The van der Waals surface area contributed by atoms with Gasteiger partial charge in [-0.05, 0) is 46.8 Å². The summed E-state index contributed by atoms with van der Waals surface area (Å²) in [4.78, 5) is 43.1. The molecule has 0 saturated heterocycles. The van der Waals surface area contributed by atoms with Crippen molar-refractivity contribution < 1.29 is 23.1 Å². The molecule has 1 amide bonds. The Kier molecular flexibility index (Phi) is 6.89. The van der Waals surface area contributed by atoms with E-state index in [9.17, 15) is 23.2 Å². The second-order valence-corrected chi connectivity index (χ2v) is 9.00. The molecule has 0 radical (unpaired) electrons. The van der Waals surface area contributed by atoms with E-state index in [0.717, 1.165) is 36.2 Å². The van der Waals surface area contributed by atoms with Crippen LogP contribution in [0.5, 0.6) is 0 Å². The van der Waals surface area contributed by atoms with Gasteiger partial charge in [0, 0.05) is 30.6 Å². The van der Waals surface area contributed by atoms with Gasteiger partial charge in [-0.15, -0.1) is 0 Å². The van der Waals surface area contributed by atoms with Crippen LogP contribution in [0.25, 0.3) is 32.9 Å². The predicted molar refractivity (Wildman–Crippen MR) is 143 cm³/mol. The number of hydrogen-bond donors (Lipinski definition) is 1. The van der Waals surface area contributed by atoms with Crippen molar-refractivity contribution in [1.29, 1.82) is 0 Å². The summed E-state index contributed by atoms with van der Waals surface area (Å²) in [5, 5.41) is 3.94. The number of esters is 1. The molecule has 2 heterocycles. The van der Waals surface area contributed by atoms with Crippen molar-refractivity contribution >= 4 is 33.7 Å². The molecule has 5 aromatic rings. The monoisotopic (exact) mass is 527 g/mol. The molecule has 0 fully saturated rings. The predicted octanol–water partition coefficient (Wildman–Crippen LogP) is 4.55. The number of fused-ring (bicyclic) bond motifs is 2. The van der Waals surface area contributed by atoms with E-state index >= 15 is 0 Å². The number of hydrogen-bond acceptors (Lipinski definition) is 5. The molecule has 0 aliphatic heterocycles. The normalized spacial score (nSPS) is 11.9. The summed E-state index contributed by atoms with van der Waals surface area (Å²) >= 11 is 0. The molecule has 1 atom stereocenters. The molecule has 2 aromatic heterocycles. The van der Waals surface area contributed by atoms with Crippen molar-refractivity contribution in [3.63, 3.8) is 0 Å². The fraction of sp³-hybridized carbons (Fsp3) is 0.133. The molecule has 0 unspecified atom stereocenters. The van der Waals surface area contributed by atoms with Gasteiger partial charge in [-0.25, -0.2) is 13.6 Å². The summed E-state index contributed by atoms with van der Waals surface area (Å²) in [7, 11) is 2.87. The Labute approximate surface area is 221 Å². The van der Waals surface area contributed by atoms with E-state index in [1.807, 2.05) is 36.4 Å². The number of carbonyl (C=O) groups is 2. The van der Waals surface area contributed by atoms with Crippen molar-refractivity contribution in [3.8, 4) is 11.1 Å². The van der Waals surface area contributed by atoms with Crippen LogP contribution in [0.15, 0.2) is 83.8 Å². The molecule has 0 aliphatic rings. The Hall–Kier alpha value is -4.92. The third kappa shape index (κ3) is 4.74. The Morgan fingerprint density at radius 2 is 1.72 bits per heavy atom. The number of nitrogens with zero attached hydrogens (tertiary/aromatic N) is 2. The van der Waals surface area contributed by atoms with Gasteiger partial charge in [0.25, 0.3) is 11.5 Å². The number of halogens is 2. The number of aryl methyl sites for hydroxylation is 1. The van der Waals surface area contributed by atoms with Crippen LogP contribution in [0.1, 0.15) is 15.9 Å². The van der Waals surface area contributed by atoms with Crippen LogP contribution >= 0.6 is 0 Å². The largest absolute Gasteiger partial charge is 0.467 e. The van der Waals surface area contributed by atoms with Crippen molar-refractivity contribution in [2.24, 2.45) is 7.05 Å². The Morgan fingerprint density at radius 1 is 0.974 bits per heavy atom. The van der Waals surface area contributed by atoms with E-state index in [4.69, 9.17) is 4.74 Å². The zero-order valence-corrected chi connectivity index (χ0v) is 21.1. The van der Waals surface area contributed by atoms with Gasteiger partial charge in [0.05, 0.1) is 18.1 Å². The number of pyridine rings is 2. The fourth-order valence-corrected chi connectivity index (χ4v) is 4.75. The minimum Gasteiger partial charge on any atom is -0.467 e. The first-order chi connectivity index (χ1) is 18.8. The fourth-order valence-electron chi connectivity index (χ4n) is 4.75. The number of amides is 1. The van der Waals surface area contributed by atoms with Crippen LogP contribution in [0.2, 0.25) is 0 Å². The molecule has 0 aliphatic carbocycles. The molecule has 5 rings (SSSR count). The highest BCUT2D eigenvalue weighted by Crippen LogP contribution is 2.30. The minimum absolute atomic E-state index is 0.0714. The maximum Gasteiger partial charge on any atom is 0.328 e. The van der Waals surface area contributed by atoms with Crippen molar-refractivity contribution in [2.75, 3.05) is 7.11 Å². The van der Waals surface area contributed by atoms with Gasteiger partial charge in [-0.3, -0.25) is 14.6 Å². The van der Waals surface area contributed by atoms with Gasteiger partial charge in [-0.2, -0.15) is 0 Å². The number of benzene rings is 3. The topological polar surface area (TPSA) is 90.3 Å². The Balaban J connectivity index is 1.57. The highest BCUT2D eigenvalue weighted by molar-refractivity contribution is 5.99. The molecule has 1 N–H and O–H groups in total. The maximum atomic E-state index is 14.2. The maximum absolute atomic E-state index is 14.2. The highest BCUT2D eigenvalue weighted by atomic mass is 19.1. The molecule has 7 nitrogen and oxygen atoms in total. The number of ether oxygens (including phenoxy) is 1. The van der Waals surface area contributed by atoms with Crippen LogP contribution in [0, 0.1) is 11.6 Å². The van der Waals surface area contributed by atoms with E-state index in [-0.39, 0.29) is 12.0 Å². The number of aromatic nitrogens is 2. The summed E-state index contributed by atoms with van der Waals surface area (Å²) in [5.41, 5.74) is 2.03. The SMILES string of the molecule is COC(=O)[C@H](Cc1ccc(-c2cc3ccccc3n(C)c2=O)c2cccnc12)NC(=O)c1c(F)cccc1F. The first kappa shape index (κ1) is 25.7. The zero-order chi connectivity index (χ0) is 27.7. The summed E-state index contributed by atoms with van der Waals surface area (Å²) in [6.07, 6.45) is 1.51. The van der Waals surface area contributed by atoms with Crippen molar-refractivity contribution in [3.05, 3.63) is 112 Å². The quantitative estimate of drug-likeness (QED) is 0.328. The number of para-hydroxylation sites is 1. The van der Waals surface area contributed by atoms with E-state index in [2.05, 4.69) is 10.3 Å². The first-order valence-electron chi connectivity index (χ1n) is 12.1. The molecule has 9 heteroatoms. The van der Waals surface area contributed by atoms with Gasteiger partial charge >= 0.3 is 5.97 Å².